The fourth-order valence-electron chi connectivity index (χ4n) is 4.75. The molecule has 0 saturated carbocycles. The van der Waals surface area contributed by atoms with Crippen molar-refractivity contribution in [2.24, 2.45) is 0 Å². The largest absolute Gasteiger partial charge is 0.369 e. The highest BCUT2D eigenvalue weighted by Crippen LogP contribution is 2.18. The van der Waals surface area contributed by atoms with Crippen molar-refractivity contribution in [3.8, 4) is 0 Å². The van der Waals surface area contributed by atoms with Crippen LogP contribution in [0.1, 0.15) is 17.5 Å². The first-order chi connectivity index (χ1) is 16.8. The second kappa shape index (κ2) is 10.9. The number of halogens is 1. The number of piperazine rings is 2. The van der Waals surface area contributed by atoms with E-state index in [0.29, 0.717) is 31.9 Å². The van der Waals surface area contributed by atoms with Crippen LogP contribution in [-0.2, 0) is 14.4 Å². The van der Waals surface area contributed by atoms with Crippen LogP contribution in [0.4, 0.5) is 15.8 Å². The average molecular weight is 482 g/mol. The average Bonchev–Trinajstić information content (AvgIpc) is 2.80. The number of rotatable bonds is 6. The number of anilines is 2. The zero-order chi connectivity index (χ0) is 24.9. The molecule has 1 atom stereocenters. The Labute approximate surface area is 205 Å². The Balaban J connectivity index is 1.33. The molecule has 2 saturated heterocycles. The number of benzene rings is 2. The number of carbonyl (C=O) groups excluding carboxylic acids is 3. The van der Waals surface area contributed by atoms with Crippen LogP contribution in [0, 0.1) is 19.7 Å². The zero-order valence-corrected chi connectivity index (χ0v) is 20.2. The predicted molar refractivity (Wildman–Crippen MR) is 133 cm³/mol. The molecular weight excluding hydrogens is 449 g/mol. The van der Waals surface area contributed by atoms with Gasteiger partial charge in [-0.05, 0) is 61.4 Å². The quantitative estimate of drug-likeness (QED) is 0.659. The van der Waals surface area contributed by atoms with E-state index in [9.17, 15) is 18.8 Å². The summed E-state index contributed by atoms with van der Waals surface area (Å²) in [4.78, 5) is 44.2. The summed E-state index contributed by atoms with van der Waals surface area (Å²) in [5, 5.41) is 5.64. The van der Waals surface area contributed by atoms with Crippen molar-refractivity contribution < 1.29 is 18.8 Å². The maximum atomic E-state index is 13.2. The molecule has 2 heterocycles. The minimum atomic E-state index is -0.831. The predicted octanol–water partition coefficient (Wildman–Crippen LogP) is 1.92. The van der Waals surface area contributed by atoms with Crippen molar-refractivity contribution in [3.63, 3.8) is 0 Å². The first-order valence-corrected chi connectivity index (χ1v) is 12.0. The van der Waals surface area contributed by atoms with Crippen molar-refractivity contribution in [2.45, 2.75) is 26.3 Å². The number of amides is 3. The van der Waals surface area contributed by atoms with Crippen LogP contribution < -0.4 is 15.5 Å². The van der Waals surface area contributed by atoms with Gasteiger partial charge in [-0.2, -0.15) is 0 Å². The van der Waals surface area contributed by atoms with E-state index in [1.807, 2.05) is 32.0 Å². The molecule has 9 heteroatoms. The van der Waals surface area contributed by atoms with E-state index in [2.05, 4.69) is 20.4 Å². The molecule has 0 spiro atoms. The monoisotopic (exact) mass is 481 g/mol. The topological polar surface area (TPSA) is 85.0 Å². The molecule has 2 aliphatic rings. The lowest BCUT2D eigenvalue weighted by Crippen LogP contribution is -2.60. The van der Waals surface area contributed by atoms with Crippen LogP contribution in [0.2, 0.25) is 0 Å². The summed E-state index contributed by atoms with van der Waals surface area (Å²) in [5.74, 6) is -1.02. The Morgan fingerprint density at radius 2 is 1.66 bits per heavy atom. The van der Waals surface area contributed by atoms with E-state index in [0.717, 1.165) is 29.9 Å². The molecule has 186 valence electrons. The van der Waals surface area contributed by atoms with Gasteiger partial charge < -0.3 is 20.4 Å². The summed E-state index contributed by atoms with van der Waals surface area (Å²) in [6.07, 6.45) is -0.0943. The van der Waals surface area contributed by atoms with Gasteiger partial charge in [0.1, 0.15) is 11.9 Å². The molecule has 2 N–H and O–H groups in total. The number of hydrogen-bond acceptors (Lipinski definition) is 5. The standard InChI is InChI=1S/C26H32FN5O3/c1-18-13-19(2)15-21(14-18)29-24(33)16-23-26(35)28-7-8-32(23)25(34)17-30-9-11-31(12-10-30)22-5-3-20(27)4-6-22/h3-6,13-15,23H,7-12,16-17H2,1-2H3,(H,28,35)(H,29,33)/t23-/m1/s1. The van der Waals surface area contributed by atoms with Crippen LogP contribution in [0.3, 0.4) is 0 Å². The summed E-state index contributed by atoms with van der Waals surface area (Å²) in [7, 11) is 0. The first kappa shape index (κ1) is 24.7. The number of nitrogens with one attached hydrogen (secondary N) is 2. The van der Waals surface area contributed by atoms with Crippen LogP contribution in [0.25, 0.3) is 0 Å². The van der Waals surface area contributed by atoms with Crippen LogP contribution in [0.15, 0.2) is 42.5 Å². The Morgan fingerprint density at radius 1 is 1.00 bits per heavy atom. The van der Waals surface area contributed by atoms with Crippen molar-refractivity contribution in [2.75, 3.05) is 56.0 Å². The number of hydrogen-bond donors (Lipinski definition) is 2. The number of carbonyl (C=O) groups is 3. The van der Waals surface area contributed by atoms with Gasteiger partial charge in [0.25, 0.3) is 0 Å². The minimum absolute atomic E-state index is 0.0943. The van der Waals surface area contributed by atoms with Gasteiger partial charge in [-0.1, -0.05) is 6.07 Å². The highest BCUT2D eigenvalue weighted by atomic mass is 19.1. The molecule has 35 heavy (non-hydrogen) atoms. The second-order valence-electron chi connectivity index (χ2n) is 9.26. The SMILES string of the molecule is Cc1cc(C)cc(NC(=O)C[C@@H]2C(=O)NCCN2C(=O)CN2CCN(c3ccc(F)cc3)CC2)c1. The molecule has 2 fully saturated rings. The zero-order valence-electron chi connectivity index (χ0n) is 20.2. The fraction of sp³-hybridized carbons (Fsp3) is 0.423. The third-order valence-electron chi connectivity index (χ3n) is 6.46. The summed E-state index contributed by atoms with van der Waals surface area (Å²) >= 11 is 0. The normalized spacial score (nSPS) is 18.8. The van der Waals surface area contributed by atoms with E-state index >= 15 is 0 Å². The summed E-state index contributed by atoms with van der Waals surface area (Å²) in [5.41, 5.74) is 3.71. The molecule has 3 amide bonds. The Morgan fingerprint density at radius 3 is 2.31 bits per heavy atom. The Bertz CT molecular complexity index is 1060. The van der Waals surface area contributed by atoms with E-state index in [4.69, 9.17) is 0 Å². The van der Waals surface area contributed by atoms with E-state index in [1.165, 1.54) is 17.0 Å². The Kier molecular flexibility index (Phi) is 7.65. The number of nitrogens with zero attached hydrogens (tertiary/aromatic N) is 3. The molecule has 2 aliphatic heterocycles. The molecule has 2 aromatic carbocycles. The van der Waals surface area contributed by atoms with Gasteiger partial charge in [0.05, 0.1) is 13.0 Å². The van der Waals surface area contributed by atoms with E-state index in [-0.39, 0.29) is 36.5 Å². The van der Waals surface area contributed by atoms with Crippen LogP contribution in [0.5, 0.6) is 0 Å². The summed E-state index contributed by atoms with van der Waals surface area (Å²) in [6.45, 7) is 7.66. The first-order valence-electron chi connectivity index (χ1n) is 12.0. The van der Waals surface area contributed by atoms with Gasteiger partial charge in [0.2, 0.25) is 17.7 Å². The highest BCUT2D eigenvalue weighted by Gasteiger charge is 2.35. The van der Waals surface area contributed by atoms with Crippen LogP contribution >= 0.6 is 0 Å². The fourth-order valence-corrected chi connectivity index (χ4v) is 4.75. The lowest BCUT2D eigenvalue weighted by atomic mass is 10.1. The van der Waals surface area contributed by atoms with Gasteiger partial charge >= 0.3 is 0 Å². The van der Waals surface area contributed by atoms with Crippen molar-refractivity contribution in [3.05, 3.63) is 59.4 Å². The molecule has 4 rings (SSSR count). The summed E-state index contributed by atoms with van der Waals surface area (Å²) in [6, 6.07) is 11.4. The van der Waals surface area contributed by atoms with Crippen molar-refractivity contribution in [1.29, 1.82) is 0 Å². The minimum Gasteiger partial charge on any atom is -0.369 e. The van der Waals surface area contributed by atoms with Crippen molar-refractivity contribution >= 4 is 29.1 Å². The number of aryl methyl sites for hydroxylation is 2. The van der Waals surface area contributed by atoms with Crippen LogP contribution in [-0.4, -0.2) is 79.4 Å². The maximum absolute atomic E-state index is 13.2. The van der Waals surface area contributed by atoms with Gasteiger partial charge in [-0.15, -0.1) is 0 Å². The third-order valence-corrected chi connectivity index (χ3v) is 6.46. The molecular formula is C26H32FN5O3. The third kappa shape index (κ3) is 6.36. The smallest absolute Gasteiger partial charge is 0.243 e. The maximum Gasteiger partial charge on any atom is 0.243 e. The molecule has 0 aromatic heterocycles. The Hall–Kier alpha value is -3.46. The van der Waals surface area contributed by atoms with E-state index in [1.54, 1.807) is 12.1 Å². The lowest BCUT2D eigenvalue weighted by Gasteiger charge is -2.39. The molecule has 0 unspecified atom stereocenters. The summed E-state index contributed by atoms with van der Waals surface area (Å²) < 4.78 is 13.2. The van der Waals surface area contributed by atoms with Gasteiger partial charge in [0.15, 0.2) is 0 Å². The van der Waals surface area contributed by atoms with Gasteiger partial charge in [0, 0.05) is 50.6 Å². The van der Waals surface area contributed by atoms with Crippen molar-refractivity contribution in [1.82, 2.24) is 15.1 Å². The molecule has 0 radical (unpaired) electrons. The van der Waals surface area contributed by atoms with Gasteiger partial charge in [-0.3, -0.25) is 19.3 Å². The van der Waals surface area contributed by atoms with E-state index < -0.39 is 6.04 Å². The second-order valence-corrected chi connectivity index (χ2v) is 9.26. The van der Waals surface area contributed by atoms with Gasteiger partial charge in [-0.25, -0.2) is 4.39 Å². The highest BCUT2D eigenvalue weighted by molar-refractivity contribution is 5.97. The molecule has 2 aromatic rings. The molecule has 0 aliphatic carbocycles. The molecule has 8 nitrogen and oxygen atoms in total. The lowest BCUT2D eigenvalue weighted by molar-refractivity contribution is -0.145. The molecule has 0 bridgehead atoms.